The van der Waals surface area contributed by atoms with Gasteiger partial charge in [0.2, 0.25) is 0 Å². The van der Waals surface area contributed by atoms with Crippen LogP contribution in [0.3, 0.4) is 0 Å². The summed E-state index contributed by atoms with van der Waals surface area (Å²) >= 11 is 6.00. The maximum atomic E-state index is 12.2. The Bertz CT molecular complexity index is 806. The molecule has 0 spiro atoms. The van der Waals surface area contributed by atoms with Gasteiger partial charge in [0.1, 0.15) is 17.1 Å². The molecular weight excluding hydrogens is 346 g/mol. The lowest BCUT2D eigenvalue weighted by Crippen LogP contribution is -2.30. The molecule has 0 aromatic heterocycles. The Balaban J connectivity index is 2.02. The van der Waals surface area contributed by atoms with Crippen LogP contribution in [0.1, 0.15) is 22.8 Å². The normalized spacial score (nSPS) is 11.5. The number of hydrogen-bond acceptors (Lipinski definition) is 5. The number of aromatic hydroxyl groups is 1. The van der Waals surface area contributed by atoms with Crippen LogP contribution in [0.25, 0.3) is 0 Å². The van der Waals surface area contributed by atoms with Crippen molar-refractivity contribution >= 4 is 29.2 Å². The van der Waals surface area contributed by atoms with E-state index in [4.69, 9.17) is 21.1 Å². The number of amides is 1. The summed E-state index contributed by atoms with van der Waals surface area (Å²) in [5.74, 6) is -1.03. The van der Waals surface area contributed by atoms with Crippen molar-refractivity contribution in [2.45, 2.75) is 20.0 Å². The molecule has 0 radical (unpaired) electrons. The van der Waals surface area contributed by atoms with Crippen LogP contribution in [-0.2, 0) is 9.53 Å². The molecular formula is C18H18ClNO5. The van der Waals surface area contributed by atoms with Gasteiger partial charge >= 0.3 is 5.97 Å². The second-order valence-electron chi connectivity index (χ2n) is 5.41. The Morgan fingerprint density at radius 3 is 2.52 bits per heavy atom. The van der Waals surface area contributed by atoms with Crippen LogP contribution in [0.15, 0.2) is 36.4 Å². The first-order chi connectivity index (χ1) is 11.8. The molecule has 0 bridgehead atoms. The third kappa shape index (κ3) is 4.64. The SMILES string of the molecule is COc1ccc(NC(=O)[C@@H](C)OC(=O)c2ccc(C)cc2O)cc1Cl. The van der Waals surface area contributed by atoms with Crippen LogP contribution in [0, 0.1) is 6.92 Å². The maximum Gasteiger partial charge on any atom is 0.342 e. The van der Waals surface area contributed by atoms with Crippen LogP contribution in [-0.4, -0.2) is 30.2 Å². The second kappa shape index (κ2) is 7.90. The molecule has 2 N–H and O–H groups in total. The molecule has 0 fully saturated rings. The van der Waals surface area contributed by atoms with Crippen LogP contribution < -0.4 is 10.1 Å². The van der Waals surface area contributed by atoms with Crippen molar-refractivity contribution in [2.24, 2.45) is 0 Å². The lowest BCUT2D eigenvalue weighted by Gasteiger charge is -2.14. The second-order valence-corrected chi connectivity index (χ2v) is 5.81. The Labute approximate surface area is 150 Å². The summed E-state index contributed by atoms with van der Waals surface area (Å²) in [6.45, 7) is 3.22. The summed E-state index contributed by atoms with van der Waals surface area (Å²) in [7, 11) is 1.49. The molecule has 0 unspecified atom stereocenters. The van der Waals surface area contributed by atoms with Crippen LogP contribution >= 0.6 is 11.6 Å². The molecule has 0 aliphatic rings. The lowest BCUT2D eigenvalue weighted by atomic mass is 10.1. The maximum absolute atomic E-state index is 12.2. The molecule has 0 aliphatic carbocycles. The van der Waals surface area contributed by atoms with E-state index in [2.05, 4.69) is 5.32 Å². The van der Waals surface area contributed by atoms with Crippen molar-refractivity contribution < 1.29 is 24.2 Å². The van der Waals surface area contributed by atoms with Crippen LogP contribution in [0.2, 0.25) is 5.02 Å². The number of phenols is 1. The number of phenolic OH excluding ortho intramolecular Hbond substituents is 1. The minimum atomic E-state index is -1.06. The van der Waals surface area contributed by atoms with E-state index in [-0.39, 0.29) is 11.3 Å². The highest BCUT2D eigenvalue weighted by atomic mass is 35.5. The molecule has 6 nitrogen and oxygen atoms in total. The lowest BCUT2D eigenvalue weighted by molar-refractivity contribution is -0.123. The van der Waals surface area contributed by atoms with E-state index in [1.165, 1.54) is 32.2 Å². The highest BCUT2D eigenvalue weighted by Gasteiger charge is 2.21. The number of ether oxygens (including phenoxy) is 2. The molecule has 25 heavy (non-hydrogen) atoms. The van der Waals surface area contributed by atoms with Crippen molar-refractivity contribution in [3.8, 4) is 11.5 Å². The largest absolute Gasteiger partial charge is 0.507 e. The van der Waals surface area contributed by atoms with Gasteiger partial charge in [0.15, 0.2) is 6.10 Å². The fourth-order valence-electron chi connectivity index (χ4n) is 2.08. The zero-order valence-electron chi connectivity index (χ0n) is 14.0. The van der Waals surface area contributed by atoms with Gasteiger partial charge < -0.3 is 19.9 Å². The number of carbonyl (C=O) groups excluding carboxylic acids is 2. The Kier molecular flexibility index (Phi) is 5.88. The highest BCUT2D eigenvalue weighted by molar-refractivity contribution is 6.32. The van der Waals surface area contributed by atoms with Gasteiger partial charge in [-0.1, -0.05) is 17.7 Å². The van der Waals surface area contributed by atoms with Crippen LogP contribution in [0.5, 0.6) is 11.5 Å². The fourth-order valence-corrected chi connectivity index (χ4v) is 2.34. The summed E-state index contributed by atoms with van der Waals surface area (Å²) in [5.41, 5.74) is 1.24. The van der Waals surface area contributed by atoms with Crippen molar-refractivity contribution in [1.29, 1.82) is 0 Å². The summed E-state index contributed by atoms with van der Waals surface area (Å²) < 4.78 is 10.1. The molecule has 0 saturated carbocycles. The molecule has 132 valence electrons. The minimum absolute atomic E-state index is 0.00209. The van der Waals surface area contributed by atoms with Gasteiger partial charge in [0, 0.05) is 5.69 Å². The molecule has 1 amide bonds. The van der Waals surface area contributed by atoms with Gasteiger partial charge in [0.25, 0.3) is 5.91 Å². The van der Waals surface area contributed by atoms with Gasteiger partial charge in [-0.25, -0.2) is 4.79 Å². The number of methoxy groups -OCH3 is 1. The van der Waals surface area contributed by atoms with Crippen molar-refractivity contribution in [1.82, 2.24) is 0 Å². The number of aryl methyl sites for hydroxylation is 1. The quantitative estimate of drug-likeness (QED) is 0.793. The molecule has 2 aromatic rings. The van der Waals surface area contributed by atoms with Gasteiger partial charge in [-0.3, -0.25) is 4.79 Å². The third-order valence-electron chi connectivity index (χ3n) is 3.45. The van der Waals surface area contributed by atoms with Crippen molar-refractivity contribution in [3.63, 3.8) is 0 Å². The van der Waals surface area contributed by atoms with Gasteiger partial charge in [0.05, 0.1) is 12.1 Å². The van der Waals surface area contributed by atoms with Crippen molar-refractivity contribution in [2.75, 3.05) is 12.4 Å². The third-order valence-corrected chi connectivity index (χ3v) is 3.74. The first-order valence-electron chi connectivity index (χ1n) is 7.47. The number of esters is 1. The number of anilines is 1. The summed E-state index contributed by atoms with van der Waals surface area (Å²) in [6.07, 6.45) is -1.06. The highest BCUT2D eigenvalue weighted by Crippen LogP contribution is 2.27. The standard InChI is InChI=1S/C18H18ClNO5/c1-10-4-6-13(15(21)8-10)18(23)25-11(2)17(22)20-12-5-7-16(24-3)14(19)9-12/h4-9,11,21H,1-3H3,(H,20,22)/t11-/m1/s1. The van der Waals surface area contributed by atoms with E-state index < -0.39 is 18.0 Å². The van der Waals surface area contributed by atoms with E-state index in [9.17, 15) is 14.7 Å². The topological polar surface area (TPSA) is 84.9 Å². The van der Waals surface area contributed by atoms with E-state index >= 15 is 0 Å². The van der Waals surface area contributed by atoms with Gasteiger partial charge in [-0.05, 0) is 49.7 Å². The average molecular weight is 364 g/mol. The Morgan fingerprint density at radius 1 is 1.20 bits per heavy atom. The monoisotopic (exact) mass is 363 g/mol. The number of carbonyl (C=O) groups is 2. The number of halogens is 1. The summed E-state index contributed by atoms with van der Waals surface area (Å²) in [6, 6.07) is 9.31. The predicted molar refractivity (Wildman–Crippen MR) is 94.4 cm³/mol. The number of hydrogen-bond donors (Lipinski definition) is 2. The molecule has 2 aromatic carbocycles. The molecule has 0 aliphatic heterocycles. The predicted octanol–water partition coefficient (Wildman–Crippen LogP) is 3.55. The number of benzene rings is 2. The summed E-state index contributed by atoms with van der Waals surface area (Å²) in [5, 5.41) is 12.7. The smallest absolute Gasteiger partial charge is 0.342 e. The van der Waals surface area contributed by atoms with Gasteiger partial charge in [-0.15, -0.1) is 0 Å². The Hall–Kier alpha value is -2.73. The number of rotatable bonds is 5. The molecule has 0 heterocycles. The van der Waals surface area contributed by atoms with E-state index in [1.54, 1.807) is 25.1 Å². The van der Waals surface area contributed by atoms with Crippen LogP contribution in [0.4, 0.5) is 5.69 Å². The average Bonchev–Trinajstić information content (AvgIpc) is 2.54. The zero-order valence-corrected chi connectivity index (χ0v) is 14.8. The number of nitrogens with one attached hydrogen (secondary N) is 1. The van der Waals surface area contributed by atoms with Gasteiger partial charge in [-0.2, -0.15) is 0 Å². The first-order valence-corrected chi connectivity index (χ1v) is 7.84. The molecule has 1 atom stereocenters. The van der Waals surface area contributed by atoms with Crippen molar-refractivity contribution in [3.05, 3.63) is 52.5 Å². The zero-order chi connectivity index (χ0) is 18.6. The van der Waals surface area contributed by atoms with E-state index in [0.717, 1.165) is 5.56 Å². The minimum Gasteiger partial charge on any atom is -0.507 e. The summed E-state index contributed by atoms with van der Waals surface area (Å²) in [4.78, 5) is 24.2. The molecule has 7 heteroatoms. The molecule has 2 rings (SSSR count). The fraction of sp³-hybridized carbons (Fsp3) is 0.222. The first kappa shape index (κ1) is 18.6. The van der Waals surface area contributed by atoms with E-state index in [0.29, 0.717) is 16.5 Å². The Morgan fingerprint density at radius 2 is 1.92 bits per heavy atom. The molecule has 0 saturated heterocycles. The van der Waals surface area contributed by atoms with E-state index in [1.807, 2.05) is 0 Å².